The Kier molecular flexibility index (Phi) is 5.70. The number of hydrogen-bond donors (Lipinski definition) is 1. The van der Waals surface area contributed by atoms with Crippen LogP contribution < -0.4 is 19.7 Å². The molecule has 2 aromatic carbocycles. The lowest BCUT2D eigenvalue weighted by atomic mass is 10.1. The summed E-state index contributed by atoms with van der Waals surface area (Å²) in [6.45, 7) is 1.61. The zero-order valence-corrected chi connectivity index (χ0v) is 18.3. The molecule has 10 nitrogen and oxygen atoms in total. The fourth-order valence-electron chi connectivity index (χ4n) is 3.60. The van der Waals surface area contributed by atoms with Gasteiger partial charge in [0.25, 0.3) is 11.8 Å². The number of nitrogens with zero attached hydrogens (tertiary/aromatic N) is 4. The number of hydrogen-bond acceptors (Lipinski definition) is 8. The number of carbonyl (C=O) groups is 3. The molecular weight excluding hydrogens is 438 g/mol. The molecule has 1 saturated heterocycles. The van der Waals surface area contributed by atoms with Gasteiger partial charge in [-0.25, -0.2) is 4.90 Å². The summed E-state index contributed by atoms with van der Waals surface area (Å²) in [4.78, 5) is 39.5. The molecule has 0 bridgehead atoms. The van der Waals surface area contributed by atoms with Crippen molar-refractivity contribution >= 4 is 40.7 Å². The highest BCUT2D eigenvalue weighted by Gasteiger charge is 2.55. The van der Waals surface area contributed by atoms with Crippen LogP contribution in [0.3, 0.4) is 0 Å². The Bertz CT molecular complexity index is 1120. The third-order valence-corrected chi connectivity index (χ3v) is 5.50. The van der Waals surface area contributed by atoms with E-state index < -0.39 is 29.8 Å². The summed E-state index contributed by atoms with van der Waals surface area (Å²) in [6.07, 6.45) is 0. The highest BCUT2D eigenvalue weighted by atomic mass is 35.5. The van der Waals surface area contributed by atoms with Gasteiger partial charge >= 0.3 is 0 Å². The molecule has 4 rings (SSSR count). The second kappa shape index (κ2) is 8.46. The molecule has 1 N–H and O–H groups in total. The molecule has 2 unspecified atom stereocenters. The second-order valence-corrected chi connectivity index (χ2v) is 7.68. The maximum Gasteiger partial charge on any atom is 0.263 e. The summed E-state index contributed by atoms with van der Waals surface area (Å²) in [5.41, 5.74) is 1.78. The van der Waals surface area contributed by atoms with Gasteiger partial charge in [-0.1, -0.05) is 34.5 Å². The zero-order valence-electron chi connectivity index (χ0n) is 17.5. The van der Waals surface area contributed by atoms with Crippen LogP contribution in [-0.4, -0.2) is 55.6 Å². The van der Waals surface area contributed by atoms with Crippen LogP contribution >= 0.6 is 11.6 Å². The smallest absolute Gasteiger partial charge is 0.263 e. The SMILES string of the molecule is COc1cc(OC)c(NC(=O)CN2N=NC3C(=O)N(c4ccc(C)cc4)C(=O)C32)cc1Cl. The summed E-state index contributed by atoms with van der Waals surface area (Å²) in [5.74, 6) is -0.703. The molecule has 0 spiro atoms. The van der Waals surface area contributed by atoms with Crippen molar-refractivity contribution in [3.8, 4) is 11.5 Å². The van der Waals surface area contributed by atoms with Gasteiger partial charge in [-0.3, -0.25) is 19.4 Å². The quantitative estimate of drug-likeness (QED) is 0.667. The first-order chi connectivity index (χ1) is 15.3. The van der Waals surface area contributed by atoms with E-state index in [0.29, 0.717) is 22.9 Å². The number of halogens is 1. The van der Waals surface area contributed by atoms with Gasteiger partial charge in [0.15, 0.2) is 12.1 Å². The van der Waals surface area contributed by atoms with Gasteiger partial charge < -0.3 is 14.8 Å². The monoisotopic (exact) mass is 457 g/mol. The lowest BCUT2D eigenvalue weighted by Gasteiger charge is -2.20. The van der Waals surface area contributed by atoms with Gasteiger partial charge in [-0.15, -0.1) is 0 Å². The Morgan fingerprint density at radius 3 is 2.44 bits per heavy atom. The van der Waals surface area contributed by atoms with Gasteiger partial charge in [0, 0.05) is 6.07 Å². The Morgan fingerprint density at radius 1 is 1.09 bits per heavy atom. The molecule has 32 heavy (non-hydrogen) atoms. The molecule has 2 aliphatic rings. The Balaban J connectivity index is 1.49. The van der Waals surface area contributed by atoms with Crippen molar-refractivity contribution in [2.45, 2.75) is 19.0 Å². The molecule has 1 fully saturated rings. The Morgan fingerprint density at radius 2 is 1.78 bits per heavy atom. The number of benzene rings is 2. The number of amides is 3. The van der Waals surface area contributed by atoms with Gasteiger partial charge in [0.05, 0.1) is 30.6 Å². The first-order valence-corrected chi connectivity index (χ1v) is 10.0. The van der Waals surface area contributed by atoms with Crippen molar-refractivity contribution in [3.63, 3.8) is 0 Å². The van der Waals surface area contributed by atoms with E-state index in [1.807, 2.05) is 19.1 Å². The molecule has 11 heteroatoms. The fraction of sp³-hybridized carbons (Fsp3) is 0.286. The Hall–Kier alpha value is -3.66. The normalized spacial score (nSPS) is 19.4. The number of imide groups is 1. The molecule has 0 saturated carbocycles. The first-order valence-electron chi connectivity index (χ1n) is 9.67. The summed E-state index contributed by atoms with van der Waals surface area (Å²) >= 11 is 6.14. The van der Waals surface area contributed by atoms with Crippen molar-refractivity contribution in [2.75, 3.05) is 31.0 Å². The molecule has 2 heterocycles. The van der Waals surface area contributed by atoms with Gasteiger partial charge in [-0.2, -0.15) is 5.11 Å². The van der Waals surface area contributed by atoms with E-state index in [4.69, 9.17) is 21.1 Å². The number of aryl methyl sites for hydroxylation is 1. The van der Waals surface area contributed by atoms with E-state index in [-0.39, 0.29) is 11.6 Å². The van der Waals surface area contributed by atoms with Gasteiger partial charge in [0.1, 0.15) is 18.0 Å². The average molecular weight is 458 g/mol. The summed E-state index contributed by atoms with van der Waals surface area (Å²) < 4.78 is 10.4. The van der Waals surface area contributed by atoms with E-state index in [1.165, 1.54) is 25.3 Å². The summed E-state index contributed by atoms with van der Waals surface area (Å²) in [5, 5.41) is 12.0. The van der Waals surface area contributed by atoms with Gasteiger partial charge in [-0.05, 0) is 25.1 Å². The van der Waals surface area contributed by atoms with Crippen molar-refractivity contribution < 1.29 is 23.9 Å². The van der Waals surface area contributed by atoms with E-state index in [0.717, 1.165) is 10.5 Å². The van der Waals surface area contributed by atoms with Crippen LogP contribution in [0.25, 0.3) is 0 Å². The minimum atomic E-state index is -0.985. The lowest BCUT2D eigenvalue weighted by Crippen LogP contribution is -2.43. The summed E-state index contributed by atoms with van der Waals surface area (Å²) in [6, 6.07) is 8.09. The van der Waals surface area contributed by atoms with E-state index in [2.05, 4.69) is 15.7 Å². The van der Waals surface area contributed by atoms with Crippen molar-refractivity contribution in [1.82, 2.24) is 5.01 Å². The molecule has 2 aliphatic heterocycles. The highest BCUT2D eigenvalue weighted by molar-refractivity contribution is 6.32. The number of methoxy groups -OCH3 is 2. The number of ether oxygens (including phenoxy) is 2. The van der Waals surface area contributed by atoms with Crippen LogP contribution in [0.1, 0.15) is 5.56 Å². The number of nitrogens with one attached hydrogen (secondary N) is 1. The number of carbonyl (C=O) groups excluding carboxylic acids is 3. The molecule has 166 valence electrons. The predicted molar refractivity (Wildman–Crippen MR) is 116 cm³/mol. The lowest BCUT2D eigenvalue weighted by molar-refractivity contribution is -0.123. The number of anilines is 2. The molecule has 0 aliphatic carbocycles. The van der Waals surface area contributed by atoms with Crippen molar-refractivity contribution in [1.29, 1.82) is 0 Å². The highest BCUT2D eigenvalue weighted by Crippen LogP contribution is 2.36. The third-order valence-electron chi connectivity index (χ3n) is 5.20. The van der Waals surface area contributed by atoms with E-state index in [1.54, 1.807) is 18.2 Å². The molecule has 0 aromatic heterocycles. The van der Waals surface area contributed by atoms with E-state index in [9.17, 15) is 14.4 Å². The van der Waals surface area contributed by atoms with E-state index >= 15 is 0 Å². The van der Waals surface area contributed by atoms with Crippen LogP contribution in [0.15, 0.2) is 46.7 Å². The average Bonchev–Trinajstić information content (AvgIpc) is 3.28. The molecular formula is C21H20ClN5O5. The van der Waals surface area contributed by atoms with Crippen LogP contribution in [-0.2, 0) is 14.4 Å². The van der Waals surface area contributed by atoms with Crippen LogP contribution in [0, 0.1) is 6.92 Å². The van der Waals surface area contributed by atoms with Gasteiger partial charge in [0.2, 0.25) is 5.91 Å². The topological polar surface area (TPSA) is 113 Å². The first kappa shape index (κ1) is 21.6. The van der Waals surface area contributed by atoms with Crippen LogP contribution in [0.5, 0.6) is 11.5 Å². The fourth-order valence-corrected chi connectivity index (χ4v) is 3.84. The molecule has 0 radical (unpaired) electrons. The second-order valence-electron chi connectivity index (χ2n) is 7.27. The minimum absolute atomic E-state index is 0.287. The maximum atomic E-state index is 13.0. The Labute approximate surface area is 188 Å². The molecule has 2 aromatic rings. The standard InChI is InChI=1S/C21H20ClN5O5/c1-11-4-6-12(7-5-11)27-20(29)18-19(21(27)30)26(25-24-18)10-17(28)23-14-8-13(22)15(31-2)9-16(14)32-3/h4-9,18-19H,10H2,1-3H3,(H,23,28). The van der Waals surface area contributed by atoms with Crippen LogP contribution in [0.2, 0.25) is 5.02 Å². The predicted octanol–water partition coefficient (Wildman–Crippen LogP) is 2.60. The van der Waals surface area contributed by atoms with Crippen molar-refractivity contribution in [2.24, 2.45) is 10.3 Å². The zero-order chi connectivity index (χ0) is 23.0. The summed E-state index contributed by atoms with van der Waals surface area (Å²) in [7, 11) is 2.91. The van der Waals surface area contributed by atoms with Crippen LogP contribution in [0.4, 0.5) is 11.4 Å². The molecule has 2 atom stereocenters. The maximum absolute atomic E-state index is 13.0. The number of rotatable bonds is 6. The van der Waals surface area contributed by atoms with Crippen molar-refractivity contribution in [3.05, 3.63) is 47.0 Å². The minimum Gasteiger partial charge on any atom is -0.495 e. The number of fused-ring (bicyclic) bond motifs is 1. The molecule has 3 amide bonds. The largest absolute Gasteiger partial charge is 0.495 e. The third kappa shape index (κ3) is 3.73.